The van der Waals surface area contributed by atoms with Gasteiger partial charge in [0.1, 0.15) is 6.42 Å². The summed E-state index contributed by atoms with van der Waals surface area (Å²) in [5.41, 5.74) is 0. The van der Waals surface area contributed by atoms with Crippen molar-refractivity contribution in [3.8, 4) is 0 Å². The van der Waals surface area contributed by atoms with Crippen LogP contribution >= 0.6 is 0 Å². The van der Waals surface area contributed by atoms with E-state index in [4.69, 9.17) is 5.11 Å². The number of allylic oxidation sites excluding steroid dienone is 1. The molecule has 0 unspecified atom stereocenters. The third kappa shape index (κ3) is 7.23. The van der Waals surface area contributed by atoms with Crippen LogP contribution in [0.1, 0.15) is 6.42 Å². The van der Waals surface area contributed by atoms with E-state index in [1.807, 2.05) is 0 Å². The highest BCUT2D eigenvalue weighted by atomic mass is 19.4. The molecule has 0 aliphatic carbocycles. The van der Waals surface area contributed by atoms with Gasteiger partial charge in [-0.2, -0.15) is 13.2 Å². The number of aliphatic carboxylic acids is 1. The normalized spacial score (nSPS) is 13.6. The van der Waals surface area contributed by atoms with E-state index >= 15 is 0 Å². The number of hydrogen-bond donors (Lipinski definition) is 1. The lowest BCUT2D eigenvalue weighted by atomic mass is 10.2. The van der Waals surface area contributed by atoms with E-state index in [0.717, 1.165) is 0 Å². The van der Waals surface area contributed by atoms with E-state index < -0.39 is 24.5 Å². The number of carboxylic acids is 1. The highest BCUT2D eigenvalue weighted by Gasteiger charge is 2.41. The van der Waals surface area contributed by atoms with Crippen molar-refractivity contribution in [1.82, 2.24) is 0 Å². The van der Waals surface area contributed by atoms with E-state index in [1.54, 1.807) is 0 Å². The lowest BCUT2D eigenvalue weighted by Crippen LogP contribution is -2.23. The Balaban J connectivity index is 4.32. The molecule has 0 aromatic heterocycles. The summed E-state index contributed by atoms with van der Waals surface area (Å²) >= 11 is 0. The summed E-state index contributed by atoms with van der Waals surface area (Å²) < 4.78 is 58.7. The maximum absolute atomic E-state index is 12.2. The van der Waals surface area contributed by atoms with Gasteiger partial charge in [0.05, 0.1) is 0 Å². The smallest absolute Gasteiger partial charge is 0.395 e. The minimum atomic E-state index is -5.02. The van der Waals surface area contributed by atoms with Crippen LogP contribution in [0.3, 0.4) is 0 Å². The molecule has 0 saturated carbocycles. The Morgan fingerprint density at radius 3 is 2.00 bits per heavy atom. The highest BCUT2D eigenvalue weighted by Crippen LogP contribution is 2.32. The summed E-state index contributed by atoms with van der Waals surface area (Å²) in [5.74, 6) is -5.89. The lowest BCUT2D eigenvalue weighted by molar-refractivity contribution is -0.175. The largest absolute Gasteiger partial charge is 0.478 e. The minimum Gasteiger partial charge on any atom is -0.478 e. The predicted molar refractivity (Wildman–Crippen MR) is 32.4 cm³/mol. The van der Waals surface area contributed by atoms with Gasteiger partial charge in [0, 0.05) is 6.08 Å². The van der Waals surface area contributed by atoms with Crippen LogP contribution in [0.25, 0.3) is 0 Å². The number of carbonyl (C=O) groups is 1. The highest BCUT2D eigenvalue weighted by molar-refractivity contribution is 5.79. The average Bonchev–Trinajstić information content (AvgIpc) is 1.78. The van der Waals surface area contributed by atoms with Crippen molar-refractivity contribution in [2.45, 2.75) is 18.5 Å². The molecule has 0 saturated heterocycles. The first-order valence-electron chi connectivity index (χ1n) is 2.99. The molecular formula is C6H5F5O2. The maximum Gasteiger partial charge on any atom is 0.395 e. The van der Waals surface area contributed by atoms with Crippen LogP contribution in [0, 0.1) is 0 Å². The Morgan fingerprint density at radius 2 is 1.69 bits per heavy atom. The fraction of sp³-hybridized carbons (Fsp3) is 0.500. The molecule has 13 heavy (non-hydrogen) atoms. The second-order valence-electron chi connectivity index (χ2n) is 2.22. The van der Waals surface area contributed by atoms with Crippen LogP contribution in [0.2, 0.25) is 0 Å². The second-order valence-corrected chi connectivity index (χ2v) is 2.22. The first kappa shape index (κ1) is 11.9. The molecule has 0 atom stereocenters. The second kappa shape index (κ2) is 3.71. The molecule has 7 heteroatoms. The van der Waals surface area contributed by atoms with Crippen LogP contribution in [-0.4, -0.2) is 23.2 Å². The number of rotatable bonds is 3. The molecule has 1 N–H and O–H groups in total. The number of carboxylic acid groups (broad SMARTS) is 1. The van der Waals surface area contributed by atoms with Gasteiger partial charge >= 0.3 is 12.1 Å². The van der Waals surface area contributed by atoms with Crippen molar-refractivity contribution in [1.29, 1.82) is 0 Å². The minimum absolute atomic E-state index is 0.0221. The Labute approximate surface area is 69.7 Å². The quantitative estimate of drug-likeness (QED) is 0.565. The van der Waals surface area contributed by atoms with Crippen molar-refractivity contribution >= 4 is 5.97 Å². The summed E-state index contributed by atoms with van der Waals surface area (Å²) in [6.07, 6.45) is -7.69. The Hall–Kier alpha value is -1.14. The lowest BCUT2D eigenvalue weighted by Gasteiger charge is -2.13. The fourth-order valence-corrected chi connectivity index (χ4v) is 0.519. The maximum atomic E-state index is 12.2. The molecular weight excluding hydrogens is 199 g/mol. The zero-order valence-corrected chi connectivity index (χ0v) is 6.11. The average molecular weight is 204 g/mol. The summed E-state index contributed by atoms with van der Waals surface area (Å²) in [6, 6.07) is 0. The van der Waals surface area contributed by atoms with Gasteiger partial charge in [-0.05, 0) is 6.08 Å². The summed E-state index contributed by atoms with van der Waals surface area (Å²) in [5, 5.41) is 7.87. The first-order valence-corrected chi connectivity index (χ1v) is 2.99. The molecule has 0 aromatic carbocycles. The van der Waals surface area contributed by atoms with Gasteiger partial charge in [0.15, 0.2) is 0 Å². The molecule has 0 heterocycles. The fourth-order valence-electron chi connectivity index (χ4n) is 0.519. The van der Waals surface area contributed by atoms with Crippen molar-refractivity contribution in [3.05, 3.63) is 12.2 Å². The molecule has 0 aliphatic rings. The monoisotopic (exact) mass is 204 g/mol. The van der Waals surface area contributed by atoms with Crippen LogP contribution < -0.4 is 0 Å². The van der Waals surface area contributed by atoms with Gasteiger partial charge in [-0.3, -0.25) is 0 Å². The molecule has 0 fully saturated rings. The number of hydrogen-bond acceptors (Lipinski definition) is 1. The van der Waals surface area contributed by atoms with Crippen molar-refractivity contribution in [2.24, 2.45) is 0 Å². The van der Waals surface area contributed by atoms with E-state index in [-0.39, 0.29) is 12.2 Å². The van der Waals surface area contributed by atoms with Gasteiger partial charge in [-0.25, -0.2) is 13.6 Å². The van der Waals surface area contributed by atoms with Crippen molar-refractivity contribution < 1.29 is 31.9 Å². The Morgan fingerprint density at radius 1 is 1.23 bits per heavy atom. The van der Waals surface area contributed by atoms with E-state index in [1.165, 1.54) is 0 Å². The molecule has 0 aromatic rings. The summed E-state index contributed by atoms with van der Waals surface area (Å²) in [7, 11) is 0. The van der Waals surface area contributed by atoms with Crippen LogP contribution in [0.5, 0.6) is 0 Å². The standard InChI is InChI=1S/C6H5F5O2/c7-5(8,2-1-4(12)13)3-6(9,10)11/h1-2H,3H2,(H,12,13). The van der Waals surface area contributed by atoms with Crippen LogP contribution in [0.15, 0.2) is 12.2 Å². The molecule has 0 amide bonds. The zero-order chi connectivity index (χ0) is 10.7. The van der Waals surface area contributed by atoms with Gasteiger partial charge in [-0.1, -0.05) is 0 Å². The Kier molecular flexibility index (Phi) is 3.39. The molecule has 0 spiro atoms. The van der Waals surface area contributed by atoms with Gasteiger partial charge < -0.3 is 5.11 Å². The molecule has 0 rings (SSSR count). The van der Waals surface area contributed by atoms with Crippen LogP contribution in [-0.2, 0) is 4.79 Å². The Bertz CT molecular complexity index is 218. The molecule has 2 nitrogen and oxygen atoms in total. The van der Waals surface area contributed by atoms with Gasteiger partial charge in [0.2, 0.25) is 0 Å². The number of alkyl halides is 5. The van der Waals surface area contributed by atoms with E-state index in [0.29, 0.717) is 0 Å². The van der Waals surface area contributed by atoms with E-state index in [9.17, 15) is 26.7 Å². The third-order valence-electron chi connectivity index (χ3n) is 0.906. The summed E-state index contributed by atoms with van der Waals surface area (Å²) in [6.45, 7) is 0. The SMILES string of the molecule is O=C(O)C=CC(F)(F)CC(F)(F)F. The third-order valence-corrected chi connectivity index (χ3v) is 0.906. The van der Waals surface area contributed by atoms with Gasteiger partial charge in [-0.15, -0.1) is 0 Å². The zero-order valence-electron chi connectivity index (χ0n) is 6.11. The molecule has 0 bridgehead atoms. The number of halogens is 5. The molecule has 76 valence electrons. The molecule has 0 aliphatic heterocycles. The van der Waals surface area contributed by atoms with Crippen LogP contribution in [0.4, 0.5) is 22.0 Å². The topological polar surface area (TPSA) is 37.3 Å². The van der Waals surface area contributed by atoms with Gasteiger partial charge in [0.25, 0.3) is 5.92 Å². The molecule has 0 radical (unpaired) electrons. The van der Waals surface area contributed by atoms with E-state index in [2.05, 4.69) is 0 Å². The predicted octanol–water partition coefficient (Wildman–Crippen LogP) is 2.21. The first-order chi connectivity index (χ1) is 5.62. The van der Waals surface area contributed by atoms with Crippen molar-refractivity contribution in [2.75, 3.05) is 0 Å². The summed E-state index contributed by atoms with van der Waals surface area (Å²) in [4.78, 5) is 9.71. The van der Waals surface area contributed by atoms with Crippen molar-refractivity contribution in [3.63, 3.8) is 0 Å².